The summed E-state index contributed by atoms with van der Waals surface area (Å²) in [6.45, 7) is 9.90. The lowest BCUT2D eigenvalue weighted by molar-refractivity contribution is 0.0797. The van der Waals surface area contributed by atoms with Crippen LogP contribution in [0.15, 0.2) is 12.1 Å². The lowest BCUT2D eigenvalue weighted by atomic mass is 9.95. The summed E-state index contributed by atoms with van der Waals surface area (Å²) in [5, 5.41) is 9.48. The molecule has 2 nitrogen and oxygen atoms in total. The van der Waals surface area contributed by atoms with Crippen LogP contribution in [0.2, 0.25) is 0 Å². The minimum atomic E-state index is -0.0697. The maximum absolute atomic E-state index is 9.48. The molecule has 0 aromatic carbocycles. The molecule has 0 aliphatic carbocycles. The lowest BCUT2D eigenvalue weighted by Crippen LogP contribution is -2.35. The molecule has 1 fully saturated rings. The number of aliphatic hydroxyl groups is 1. The maximum atomic E-state index is 9.48. The minimum Gasteiger partial charge on any atom is -0.393 e. The highest BCUT2D eigenvalue weighted by atomic mass is 32.1. The molecule has 0 amide bonds. The average molecular weight is 253 g/mol. The Morgan fingerprint density at radius 2 is 1.94 bits per heavy atom. The number of aliphatic hydroxyl groups excluding tert-OH is 1. The Morgan fingerprint density at radius 3 is 2.47 bits per heavy atom. The van der Waals surface area contributed by atoms with Crippen LogP contribution in [-0.4, -0.2) is 29.2 Å². The molecule has 1 saturated heterocycles. The van der Waals surface area contributed by atoms with Gasteiger partial charge in [-0.25, -0.2) is 0 Å². The van der Waals surface area contributed by atoms with E-state index in [1.165, 1.54) is 9.75 Å². The van der Waals surface area contributed by atoms with Gasteiger partial charge in [-0.05, 0) is 30.4 Å². The van der Waals surface area contributed by atoms with Crippen LogP contribution < -0.4 is 0 Å². The Morgan fingerprint density at radius 1 is 1.29 bits per heavy atom. The molecule has 0 saturated carbocycles. The Hall–Kier alpha value is -0.380. The van der Waals surface area contributed by atoms with E-state index < -0.39 is 0 Å². The summed E-state index contributed by atoms with van der Waals surface area (Å²) >= 11 is 1.93. The van der Waals surface area contributed by atoms with Gasteiger partial charge in [-0.1, -0.05) is 20.8 Å². The minimum absolute atomic E-state index is 0.0697. The molecule has 3 heteroatoms. The Labute approximate surface area is 108 Å². The number of hydrogen-bond acceptors (Lipinski definition) is 3. The van der Waals surface area contributed by atoms with E-state index in [4.69, 9.17) is 0 Å². The monoisotopic (exact) mass is 253 g/mol. The number of rotatable bonds is 2. The zero-order valence-electron chi connectivity index (χ0n) is 11.1. The fourth-order valence-electron chi connectivity index (χ4n) is 2.16. The largest absolute Gasteiger partial charge is 0.393 e. The quantitative estimate of drug-likeness (QED) is 0.876. The summed E-state index contributed by atoms with van der Waals surface area (Å²) in [6.07, 6.45) is 1.79. The number of piperidine rings is 1. The lowest BCUT2D eigenvalue weighted by Gasteiger charge is -2.28. The smallest absolute Gasteiger partial charge is 0.0564 e. The van der Waals surface area contributed by atoms with Crippen molar-refractivity contribution in [1.29, 1.82) is 0 Å². The first kappa shape index (κ1) is 13.1. The molecule has 1 aromatic heterocycles. The van der Waals surface area contributed by atoms with E-state index in [1.54, 1.807) is 0 Å². The number of nitrogens with zero attached hydrogens (tertiary/aromatic N) is 1. The highest BCUT2D eigenvalue weighted by Gasteiger charge is 2.19. The summed E-state index contributed by atoms with van der Waals surface area (Å²) in [7, 11) is 0. The van der Waals surface area contributed by atoms with Crippen molar-refractivity contribution in [2.24, 2.45) is 0 Å². The van der Waals surface area contributed by atoms with Gasteiger partial charge in [0.15, 0.2) is 0 Å². The third-order valence-electron chi connectivity index (χ3n) is 3.34. The fraction of sp³-hybridized carbons (Fsp3) is 0.714. The second-order valence-electron chi connectivity index (χ2n) is 6.02. The Balaban J connectivity index is 1.93. The van der Waals surface area contributed by atoms with E-state index in [-0.39, 0.29) is 11.5 Å². The van der Waals surface area contributed by atoms with Crippen molar-refractivity contribution in [3.8, 4) is 0 Å². The standard InChI is InChI=1S/C14H23NOS/c1-14(2,3)13-5-4-12(17-13)10-15-8-6-11(16)7-9-15/h4-5,11,16H,6-10H2,1-3H3. The molecule has 0 radical (unpaired) electrons. The summed E-state index contributed by atoms with van der Waals surface area (Å²) in [4.78, 5) is 5.36. The predicted molar refractivity (Wildman–Crippen MR) is 73.5 cm³/mol. The number of thiophene rings is 1. The first-order chi connectivity index (χ1) is 7.95. The summed E-state index contributed by atoms with van der Waals surface area (Å²) in [6, 6.07) is 4.52. The van der Waals surface area contributed by atoms with Gasteiger partial charge in [0.2, 0.25) is 0 Å². The zero-order chi connectivity index (χ0) is 12.5. The van der Waals surface area contributed by atoms with E-state index in [9.17, 15) is 5.11 Å². The third kappa shape index (κ3) is 3.54. The summed E-state index contributed by atoms with van der Waals surface area (Å²) in [5.41, 5.74) is 0.265. The van der Waals surface area contributed by atoms with Crippen LogP contribution >= 0.6 is 11.3 Å². The molecule has 1 aliphatic heterocycles. The molecule has 2 rings (SSSR count). The van der Waals surface area contributed by atoms with Gasteiger partial charge in [0.25, 0.3) is 0 Å². The second kappa shape index (κ2) is 5.09. The molecule has 1 N–H and O–H groups in total. The van der Waals surface area contributed by atoms with Crippen molar-refractivity contribution in [2.75, 3.05) is 13.1 Å². The average Bonchev–Trinajstić information content (AvgIpc) is 2.69. The van der Waals surface area contributed by atoms with Crippen LogP contribution in [0.1, 0.15) is 43.4 Å². The zero-order valence-corrected chi connectivity index (χ0v) is 11.9. The van der Waals surface area contributed by atoms with Crippen molar-refractivity contribution in [1.82, 2.24) is 4.90 Å². The molecule has 2 heterocycles. The molecule has 96 valence electrons. The van der Waals surface area contributed by atoms with Gasteiger partial charge in [-0.3, -0.25) is 4.90 Å². The first-order valence-corrected chi connectivity index (χ1v) is 7.26. The molecule has 0 bridgehead atoms. The molecular weight excluding hydrogens is 230 g/mol. The predicted octanol–water partition coefficient (Wildman–Crippen LogP) is 3.00. The first-order valence-electron chi connectivity index (χ1n) is 6.45. The highest BCUT2D eigenvalue weighted by molar-refractivity contribution is 7.12. The maximum Gasteiger partial charge on any atom is 0.0564 e. The van der Waals surface area contributed by atoms with Gasteiger partial charge in [0.05, 0.1) is 6.10 Å². The van der Waals surface area contributed by atoms with Gasteiger partial charge < -0.3 is 5.11 Å². The summed E-state index contributed by atoms with van der Waals surface area (Å²) < 4.78 is 0. The molecule has 17 heavy (non-hydrogen) atoms. The van der Waals surface area contributed by atoms with Crippen molar-refractivity contribution >= 4 is 11.3 Å². The van der Waals surface area contributed by atoms with Crippen LogP contribution in [0.4, 0.5) is 0 Å². The van der Waals surface area contributed by atoms with Crippen LogP contribution in [0.5, 0.6) is 0 Å². The molecule has 1 aromatic rings. The Bertz CT molecular complexity index is 359. The molecular formula is C14H23NOS. The van der Waals surface area contributed by atoms with Crippen molar-refractivity contribution in [3.05, 3.63) is 21.9 Å². The van der Waals surface area contributed by atoms with E-state index in [1.807, 2.05) is 11.3 Å². The van der Waals surface area contributed by atoms with Gasteiger partial charge in [0.1, 0.15) is 0 Å². The number of hydrogen-bond donors (Lipinski definition) is 1. The highest BCUT2D eigenvalue weighted by Crippen LogP contribution is 2.30. The molecule has 0 spiro atoms. The van der Waals surface area contributed by atoms with Crippen LogP contribution in [0.25, 0.3) is 0 Å². The van der Waals surface area contributed by atoms with Gasteiger partial charge in [0, 0.05) is 29.4 Å². The van der Waals surface area contributed by atoms with Crippen LogP contribution in [0.3, 0.4) is 0 Å². The van der Waals surface area contributed by atoms with Gasteiger partial charge >= 0.3 is 0 Å². The van der Waals surface area contributed by atoms with Crippen molar-refractivity contribution < 1.29 is 5.11 Å². The Kier molecular flexibility index (Phi) is 3.91. The third-order valence-corrected chi connectivity index (χ3v) is 4.83. The normalized spacial score (nSPS) is 19.8. The van der Waals surface area contributed by atoms with E-state index in [0.717, 1.165) is 32.5 Å². The second-order valence-corrected chi connectivity index (χ2v) is 7.19. The van der Waals surface area contributed by atoms with Crippen molar-refractivity contribution in [3.63, 3.8) is 0 Å². The fourth-order valence-corrected chi connectivity index (χ4v) is 3.27. The molecule has 0 unspecified atom stereocenters. The molecule has 1 aliphatic rings. The summed E-state index contributed by atoms with van der Waals surface area (Å²) in [5.74, 6) is 0. The van der Waals surface area contributed by atoms with E-state index >= 15 is 0 Å². The van der Waals surface area contributed by atoms with Gasteiger partial charge in [-0.15, -0.1) is 11.3 Å². The van der Waals surface area contributed by atoms with Crippen molar-refractivity contribution in [2.45, 2.75) is 51.7 Å². The van der Waals surface area contributed by atoms with Crippen LogP contribution in [0, 0.1) is 0 Å². The van der Waals surface area contributed by atoms with Gasteiger partial charge in [-0.2, -0.15) is 0 Å². The van der Waals surface area contributed by atoms with Crippen LogP contribution in [-0.2, 0) is 12.0 Å². The molecule has 0 atom stereocenters. The van der Waals surface area contributed by atoms with E-state index in [0.29, 0.717) is 0 Å². The SMILES string of the molecule is CC(C)(C)c1ccc(CN2CCC(O)CC2)s1. The topological polar surface area (TPSA) is 23.5 Å². The number of likely N-dealkylation sites (tertiary alicyclic amines) is 1. The van der Waals surface area contributed by atoms with E-state index in [2.05, 4.69) is 37.8 Å².